The number of nitrogens with one attached hydrogen (secondary N) is 1. The summed E-state index contributed by atoms with van der Waals surface area (Å²) in [5.74, 6) is -1.04. The Balaban J connectivity index is 1.71. The van der Waals surface area contributed by atoms with E-state index < -0.39 is 12.6 Å². The number of benzene rings is 4. The van der Waals surface area contributed by atoms with Crippen molar-refractivity contribution >= 4 is 35.1 Å². The normalized spacial score (nSPS) is 10.6. The van der Waals surface area contributed by atoms with Crippen molar-refractivity contribution in [1.29, 1.82) is 0 Å². The van der Waals surface area contributed by atoms with E-state index in [1.54, 1.807) is 48.5 Å². The zero-order valence-electron chi connectivity index (χ0n) is 19.9. The summed E-state index contributed by atoms with van der Waals surface area (Å²) in [7, 11) is 0. The third-order valence-electron chi connectivity index (χ3n) is 5.73. The Morgan fingerprint density at radius 1 is 0.784 bits per heavy atom. The van der Waals surface area contributed by atoms with Crippen LogP contribution in [-0.2, 0) is 11.2 Å². The van der Waals surface area contributed by atoms with Crippen LogP contribution in [0.25, 0.3) is 22.3 Å². The number of carbonyl (C=O) groups excluding carboxylic acids is 1. The van der Waals surface area contributed by atoms with Gasteiger partial charge >= 0.3 is 5.97 Å². The zero-order chi connectivity index (χ0) is 26.2. The summed E-state index contributed by atoms with van der Waals surface area (Å²) >= 11 is 12.5. The highest BCUT2D eigenvalue weighted by molar-refractivity contribution is 6.31. The molecule has 2 N–H and O–H groups in total. The Labute approximate surface area is 225 Å². The van der Waals surface area contributed by atoms with E-state index in [2.05, 4.69) is 17.4 Å². The average molecular weight is 534 g/mol. The highest BCUT2D eigenvalue weighted by Crippen LogP contribution is 2.41. The van der Waals surface area contributed by atoms with E-state index in [-0.39, 0.29) is 5.91 Å². The van der Waals surface area contributed by atoms with Gasteiger partial charge in [-0.05, 0) is 65.9 Å². The molecule has 0 radical (unpaired) electrons. The van der Waals surface area contributed by atoms with Gasteiger partial charge in [0.25, 0.3) is 5.91 Å². The van der Waals surface area contributed by atoms with E-state index in [1.165, 1.54) is 5.56 Å². The summed E-state index contributed by atoms with van der Waals surface area (Å²) in [6.07, 6.45) is 1.64. The predicted molar refractivity (Wildman–Crippen MR) is 148 cm³/mol. The van der Waals surface area contributed by atoms with E-state index in [4.69, 9.17) is 27.9 Å². The number of hydrogen-bond acceptors (Lipinski definition) is 3. The molecule has 5 nitrogen and oxygen atoms in total. The Bertz CT molecular complexity index is 1340. The molecule has 0 saturated carbocycles. The van der Waals surface area contributed by atoms with E-state index in [1.807, 2.05) is 30.3 Å². The molecule has 0 bridgehead atoms. The van der Waals surface area contributed by atoms with Crippen molar-refractivity contribution in [3.05, 3.63) is 112 Å². The van der Waals surface area contributed by atoms with Crippen LogP contribution in [0.15, 0.2) is 91.0 Å². The third-order valence-corrected chi connectivity index (χ3v) is 6.20. The number of carboxylic acids is 1. The molecule has 37 heavy (non-hydrogen) atoms. The third kappa shape index (κ3) is 7.13. The first-order valence-corrected chi connectivity index (χ1v) is 12.5. The number of carbonyl (C=O) groups is 2. The molecule has 0 unspecified atom stereocenters. The van der Waals surface area contributed by atoms with Crippen LogP contribution in [0.1, 0.15) is 22.3 Å². The number of aryl methyl sites for hydroxylation is 1. The average Bonchev–Trinajstić information content (AvgIpc) is 2.90. The predicted octanol–water partition coefficient (Wildman–Crippen LogP) is 7.15. The number of rotatable bonds is 10. The molecule has 0 fully saturated rings. The van der Waals surface area contributed by atoms with Crippen LogP contribution in [0.4, 0.5) is 0 Å². The van der Waals surface area contributed by atoms with Crippen molar-refractivity contribution in [2.75, 3.05) is 13.2 Å². The number of ether oxygens (including phenoxy) is 1. The van der Waals surface area contributed by atoms with E-state index in [9.17, 15) is 14.7 Å². The second-order valence-electron chi connectivity index (χ2n) is 8.45. The fraction of sp³-hybridized carbons (Fsp3) is 0.133. The maximum atomic E-state index is 13.2. The van der Waals surface area contributed by atoms with Crippen molar-refractivity contribution in [2.45, 2.75) is 12.8 Å². The lowest BCUT2D eigenvalue weighted by Crippen LogP contribution is -2.25. The van der Waals surface area contributed by atoms with Crippen molar-refractivity contribution in [2.24, 2.45) is 0 Å². The molecule has 4 rings (SSSR count). The molecule has 0 heterocycles. The minimum atomic E-state index is -1.12. The lowest BCUT2D eigenvalue weighted by atomic mass is 9.94. The fourth-order valence-corrected chi connectivity index (χ4v) is 4.41. The van der Waals surface area contributed by atoms with Gasteiger partial charge in [-0.3, -0.25) is 4.79 Å². The lowest BCUT2D eigenvalue weighted by Gasteiger charge is -2.18. The Hall–Kier alpha value is -3.80. The summed E-state index contributed by atoms with van der Waals surface area (Å²) in [4.78, 5) is 24.6. The standard InChI is InChI=1S/C30H25Cl2NO4/c31-24-12-4-10-21(15-24)26-17-23(30(36)33-14-6-9-20-7-2-1-3-8-20)18-27(29(26)37-19-28(34)35)22-11-5-13-25(32)16-22/h1-5,7-8,10-13,15-18H,6,9,14,19H2,(H,33,36)(H,34,35). The number of hydrogen-bond donors (Lipinski definition) is 2. The van der Waals surface area contributed by atoms with Gasteiger partial charge in [-0.1, -0.05) is 77.8 Å². The van der Waals surface area contributed by atoms with Crippen LogP contribution in [0.5, 0.6) is 5.75 Å². The first-order chi connectivity index (χ1) is 17.9. The first-order valence-electron chi connectivity index (χ1n) is 11.8. The molecule has 0 aliphatic rings. The SMILES string of the molecule is O=C(O)COc1c(-c2cccc(Cl)c2)cc(C(=O)NCCCc2ccccc2)cc1-c1cccc(Cl)c1. The van der Waals surface area contributed by atoms with Crippen molar-refractivity contribution in [1.82, 2.24) is 5.32 Å². The fourth-order valence-electron chi connectivity index (χ4n) is 4.03. The van der Waals surface area contributed by atoms with Crippen molar-refractivity contribution < 1.29 is 19.4 Å². The second-order valence-corrected chi connectivity index (χ2v) is 9.32. The van der Waals surface area contributed by atoms with Gasteiger partial charge < -0.3 is 15.2 Å². The van der Waals surface area contributed by atoms with Crippen LogP contribution in [0.2, 0.25) is 10.0 Å². The van der Waals surface area contributed by atoms with E-state index in [0.29, 0.717) is 50.2 Å². The molecule has 0 atom stereocenters. The Kier molecular flexibility index (Phi) is 8.83. The molecule has 1 amide bonds. The minimum absolute atomic E-state index is 0.246. The van der Waals surface area contributed by atoms with Gasteiger partial charge in [0, 0.05) is 33.3 Å². The molecule has 4 aromatic carbocycles. The maximum absolute atomic E-state index is 13.2. The van der Waals surface area contributed by atoms with Crippen molar-refractivity contribution in [3.63, 3.8) is 0 Å². The van der Waals surface area contributed by atoms with Gasteiger partial charge in [0.05, 0.1) is 0 Å². The van der Waals surface area contributed by atoms with E-state index >= 15 is 0 Å². The number of halogens is 2. The molecular weight excluding hydrogens is 509 g/mol. The lowest BCUT2D eigenvalue weighted by molar-refractivity contribution is -0.139. The van der Waals surface area contributed by atoms with Crippen LogP contribution < -0.4 is 10.1 Å². The van der Waals surface area contributed by atoms with E-state index in [0.717, 1.165) is 12.8 Å². The minimum Gasteiger partial charge on any atom is -0.481 e. The maximum Gasteiger partial charge on any atom is 0.341 e. The molecule has 0 aliphatic heterocycles. The molecule has 4 aromatic rings. The largest absolute Gasteiger partial charge is 0.481 e. The summed E-state index contributed by atoms with van der Waals surface area (Å²) in [6.45, 7) is -0.0455. The summed E-state index contributed by atoms with van der Waals surface area (Å²) < 4.78 is 5.78. The molecule has 0 aliphatic carbocycles. The van der Waals surface area contributed by atoms with Crippen molar-refractivity contribution in [3.8, 4) is 28.0 Å². The molecule has 0 aromatic heterocycles. The quantitative estimate of drug-likeness (QED) is 0.212. The van der Waals surface area contributed by atoms with Crippen LogP contribution in [0.3, 0.4) is 0 Å². The summed E-state index contributed by atoms with van der Waals surface area (Å²) in [6, 6.07) is 27.7. The summed E-state index contributed by atoms with van der Waals surface area (Å²) in [5, 5.41) is 13.3. The highest BCUT2D eigenvalue weighted by Gasteiger charge is 2.20. The molecular formula is C30H25Cl2NO4. The van der Waals surface area contributed by atoms with Gasteiger partial charge in [-0.2, -0.15) is 0 Å². The summed E-state index contributed by atoms with van der Waals surface area (Å²) in [5.41, 5.74) is 4.10. The van der Waals surface area contributed by atoms with Gasteiger partial charge in [0.1, 0.15) is 5.75 Å². The monoisotopic (exact) mass is 533 g/mol. The second kappa shape index (κ2) is 12.4. The van der Waals surface area contributed by atoms with Crippen LogP contribution >= 0.6 is 23.2 Å². The topological polar surface area (TPSA) is 75.6 Å². The molecule has 188 valence electrons. The molecule has 0 saturated heterocycles. The van der Waals surface area contributed by atoms with Gasteiger partial charge in [0.2, 0.25) is 0 Å². The highest BCUT2D eigenvalue weighted by atomic mass is 35.5. The van der Waals surface area contributed by atoms with Crippen LogP contribution in [-0.4, -0.2) is 30.1 Å². The molecule has 7 heteroatoms. The Morgan fingerprint density at radius 2 is 1.38 bits per heavy atom. The van der Waals surface area contributed by atoms with Crippen LogP contribution in [0, 0.1) is 0 Å². The first kappa shape index (κ1) is 26.3. The number of aliphatic carboxylic acids is 1. The zero-order valence-corrected chi connectivity index (χ0v) is 21.4. The number of carboxylic acid groups (broad SMARTS) is 1. The molecule has 0 spiro atoms. The Morgan fingerprint density at radius 3 is 1.92 bits per heavy atom. The van der Waals surface area contributed by atoms with Gasteiger partial charge in [-0.15, -0.1) is 0 Å². The smallest absolute Gasteiger partial charge is 0.341 e. The van der Waals surface area contributed by atoms with Gasteiger partial charge in [0.15, 0.2) is 6.61 Å². The number of amides is 1. The van der Waals surface area contributed by atoms with Gasteiger partial charge in [-0.25, -0.2) is 4.79 Å².